The predicted molar refractivity (Wildman–Crippen MR) is 92.2 cm³/mol. The van der Waals surface area contributed by atoms with E-state index in [9.17, 15) is 4.39 Å². The number of rotatable bonds is 3. The summed E-state index contributed by atoms with van der Waals surface area (Å²) in [6.07, 6.45) is 3.68. The molecule has 2 aromatic rings. The van der Waals surface area contributed by atoms with Crippen LogP contribution in [-0.2, 0) is 12.4 Å². The molecule has 1 aliphatic heterocycles. The number of benzene rings is 1. The Labute approximate surface area is 142 Å². The second-order valence-electron chi connectivity index (χ2n) is 5.66. The number of alkyl halides is 1. The standard InChI is InChI=1S/C15H18ClFIN3/c1-20-5-3-2-4-10(20)9-21-14-6-11(17)12(18)7-13(14)19-15(21)8-16/h6-7,10H,2-5,8-9H2,1H3. The van der Waals surface area contributed by atoms with Gasteiger partial charge in [0.1, 0.15) is 11.6 Å². The number of imidazole rings is 1. The summed E-state index contributed by atoms with van der Waals surface area (Å²) in [6.45, 7) is 1.95. The number of hydrogen-bond acceptors (Lipinski definition) is 2. The van der Waals surface area contributed by atoms with Crippen molar-refractivity contribution in [3.8, 4) is 0 Å². The van der Waals surface area contributed by atoms with Crippen LogP contribution in [-0.4, -0.2) is 34.1 Å². The predicted octanol–water partition coefficient (Wildman–Crippen LogP) is 4.00. The third-order valence-electron chi connectivity index (χ3n) is 4.30. The molecule has 0 amide bonds. The summed E-state index contributed by atoms with van der Waals surface area (Å²) < 4.78 is 16.6. The lowest BCUT2D eigenvalue weighted by atomic mass is 10.0. The molecule has 1 fully saturated rings. The van der Waals surface area contributed by atoms with Gasteiger partial charge < -0.3 is 9.47 Å². The Balaban J connectivity index is 2.01. The van der Waals surface area contributed by atoms with Gasteiger partial charge in [0.25, 0.3) is 0 Å². The lowest BCUT2D eigenvalue weighted by Gasteiger charge is -2.33. The lowest BCUT2D eigenvalue weighted by molar-refractivity contribution is 0.168. The summed E-state index contributed by atoms with van der Waals surface area (Å²) in [7, 11) is 2.16. The molecule has 0 spiro atoms. The molecular formula is C15H18ClFIN3. The quantitative estimate of drug-likeness (QED) is 0.552. The maximum atomic E-state index is 13.9. The molecule has 1 unspecified atom stereocenters. The highest BCUT2D eigenvalue weighted by Crippen LogP contribution is 2.25. The summed E-state index contributed by atoms with van der Waals surface area (Å²) in [5.41, 5.74) is 1.68. The van der Waals surface area contributed by atoms with Crippen molar-refractivity contribution in [3.05, 3.63) is 27.3 Å². The van der Waals surface area contributed by atoms with Crippen LogP contribution in [0.15, 0.2) is 12.1 Å². The average Bonchev–Trinajstić information content (AvgIpc) is 2.79. The van der Waals surface area contributed by atoms with E-state index in [1.165, 1.54) is 19.3 Å². The van der Waals surface area contributed by atoms with Gasteiger partial charge in [-0.25, -0.2) is 9.37 Å². The Morgan fingerprint density at radius 3 is 2.95 bits per heavy atom. The first-order valence-electron chi connectivity index (χ1n) is 7.20. The van der Waals surface area contributed by atoms with Gasteiger partial charge in [-0.05, 0) is 55.1 Å². The van der Waals surface area contributed by atoms with E-state index in [0.717, 1.165) is 29.9 Å². The molecule has 1 saturated heterocycles. The highest BCUT2D eigenvalue weighted by molar-refractivity contribution is 14.1. The zero-order valence-corrected chi connectivity index (χ0v) is 14.9. The van der Waals surface area contributed by atoms with Crippen LogP contribution in [0.1, 0.15) is 25.1 Å². The number of fused-ring (bicyclic) bond motifs is 1. The third kappa shape index (κ3) is 3.05. The smallest absolute Gasteiger partial charge is 0.138 e. The second-order valence-corrected chi connectivity index (χ2v) is 7.09. The first-order chi connectivity index (χ1) is 10.1. The number of likely N-dealkylation sites (tertiary alicyclic amines) is 1. The lowest BCUT2D eigenvalue weighted by Crippen LogP contribution is -2.39. The molecular weight excluding hydrogens is 404 g/mol. The minimum absolute atomic E-state index is 0.192. The van der Waals surface area contributed by atoms with Crippen molar-refractivity contribution in [2.45, 2.75) is 37.7 Å². The van der Waals surface area contributed by atoms with Crippen LogP contribution in [0.2, 0.25) is 0 Å². The van der Waals surface area contributed by atoms with E-state index in [-0.39, 0.29) is 5.82 Å². The summed E-state index contributed by atoms with van der Waals surface area (Å²) in [5, 5.41) is 0. The summed E-state index contributed by atoms with van der Waals surface area (Å²) >= 11 is 8.04. The van der Waals surface area contributed by atoms with Gasteiger partial charge in [-0.3, -0.25) is 0 Å². The Morgan fingerprint density at radius 1 is 1.43 bits per heavy atom. The molecule has 3 nitrogen and oxygen atoms in total. The Bertz CT molecular complexity index is 658. The van der Waals surface area contributed by atoms with Gasteiger partial charge in [0.15, 0.2) is 0 Å². The minimum Gasteiger partial charge on any atom is -0.325 e. The van der Waals surface area contributed by atoms with Gasteiger partial charge in [-0.1, -0.05) is 6.42 Å². The number of hydrogen-bond donors (Lipinski definition) is 0. The van der Waals surface area contributed by atoms with Crippen molar-refractivity contribution >= 4 is 45.2 Å². The molecule has 3 rings (SSSR count). The van der Waals surface area contributed by atoms with E-state index in [2.05, 4.69) is 21.5 Å². The number of nitrogens with zero attached hydrogens (tertiary/aromatic N) is 3. The zero-order valence-electron chi connectivity index (χ0n) is 12.0. The molecule has 21 heavy (non-hydrogen) atoms. The van der Waals surface area contributed by atoms with E-state index < -0.39 is 0 Å². The van der Waals surface area contributed by atoms with E-state index in [0.29, 0.717) is 15.5 Å². The molecule has 1 aromatic carbocycles. The SMILES string of the molecule is CN1CCCCC1Cn1c(CCl)nc2cc(I)c(F)cc21. The van der Waals surface area contributed by atoms with E-state index in [1.807, 2.05) is 22.6 Å². The highest BCUT2D eigenvalue weighted by atomic mass is 127. The fraction of sp³-hybridized carbons (Fsp3) is 0.533. The molecule has 1 atom stereocenters. The first kappa shape index (κ1) is 15.5. The molecule has 2 heterocycles. The normalized spacial score (nSPS) is 20.3. The Hall–Kier alpha value is -0.400. The number of aromatic nitrogens is 2. The summed E-state index contributed by atoms with van der Waals surface area (Å²) in [4.78, 5) is 6.95. The molecule has 6 heteroatoms. The zero-order chi connectivity index (χ0) is 15.0. The summed E-state index contributed by atoms with van der Waals surface area (Å²) in [6, 6.07) is 3.85. The van der Waals surface area contributed by atoms with Crippen molar-refractivity contribution in [2.75, 3.05) is 13.6 Å². The van der Waals surface area contributed by atoms with Crippen LogP contribution in [0.5, 0.6) is 0 Å². The number of halogens is 3. The van der Waals surface area contributed by atoms with Gasteiger partial charge in [0, 0.05) is 18.7 Å². The van der Waals surface area contributed by atoms with Crippen LogP contribution in [0.25, 0.3) is 11.0 Å². The van der Waals surface area contributed by atoms with Gasteiger partial charge in [0.05, 0.1) is 20.5 Å². The molecule has 0 bridgehead atoms. The van der Waals surface area contributed by atoms with E-state index >= 15 is 0 Å². The fourth-order valence-corrected chi connectivity index (χ4v) is 3.72. The van der Waals surface area contributed by atoms with Crippen molar-refractivity contribution < 1.29 is 4.39 Å². The minimum atomic E-state index is -0.192. The van der Waals surface area contributed by atoms with Gasteiger partial charge >= 0.3 is 0 Å². The van der Waals surface area contributed by atoms with Crippen LogP contribution in [0, 0.1) is 9.39 Å². The molecule has 0 radical (unpaired) electrons. The maximum Gasteiger partial charge on any atom is 0.138 e. The number of piperidine rings is 1. The van der Waals surface area contributed by atoms with Crippen LogP contribution < -0.4 is 0 Å². The molecule has 114 valence electrons. The highest BCUT2D eigenvalue weighted by Gasteiger charge is 2.22. The average molecular weight is 422 g/mol. The largest absolute Gasteiger partial charge is 0.325 e. The van der Waals surface area contributed by atoms with Crippen molar-refractivity contribution in [1.82, 2.24) is 14.5 Å². The fourth-order valence-electron chi connectivity index (χ4n) is 3.06. The monoisotopic (exact) mass is 421 g/mol. The third-order valence-corrected chi connectivity index (χ3v) is 5.37. The molecule has 0 saturated carbocycles. The Morgan fingerprint density at radius 2 is 2.24 bits per heavy atom. The summed E-state index contributed by atoms with van der Waals surface area (Å²) in [5.74, 6) is 0.984. The van der Waals surface area contributed by atoms with Gasteiger partial charge in [0.2, 0.25) is 0 Å². The maximum absolute atomic E-state index is 13.9. The van der Waals surface area contributed by atoms with Crippen LogP contribution in [0.3, 0.4) is 0 Å². The van der Waals surface area contributed by atoms with Crippen LogP contribution >= 0.6 is 34.2 Å². The van der Waals surface area contributed by atoms with Crippen molar-refractivity contribution in [1.29, 1.82) is 0 Å². The molecule has 1 aromatic heterocycles. The molecule has 0 N–H and O–H groups in total. The second kappa shape index (κ2) is 6.38. The molecule has 0 aliphatic carbocycles. The van der Waals surface area contributed by atoms with Gasteiger partial charge in [-0.2, -0.15) is 0 Å². The van der Waals surface area contributed by atoms with Gasteiger partial charge in [-0.15, -0.1) is 11.6 Å². The first-order valence-corrected chi connectivity index (χ1v) is 8.82. The van der Waals surface area contributed by atoms with E-state index in [1.54, 1.807) is 12.1 Å². The van der Waals surface area contributed by atoms with E-state index in [4.69, 9.17) is 11.6 Å². The van der Waals surface area contributed by atoms with Crippen molar-refractivity contribution in [2.24, 2.45) is 0 Å². The Kier molecular flexibility index (Phi) is 4.71. The van der Waals surface area contributed by atoms with Crippen LogP contribution in [0.4, 0.5) is 4.39 Å². The number of likely N-dealkylation sites (N-methyl/N-ethyl adjacent to an activating group) is 1. The van der Waals surface area contributed by atoms with Crippen molar-refractivity contribution in [3.63, 3.8) is 0 Å². The topological polar surface area (TPSA) is 21.1 Å². The molecule has 1 aliphatic rings.